The van der Waals surface area contributed by atoms with Crippen LogP contribution in [-0.4, -0.2) is 74.1 Å². The van der Waals surface area contributed by atoms with Crippen molar-refractivity contribution in [2.45, 2.75) is 63.4 Å². The first kappa shape index (κ1) is 39.0. The Kier molecular flexibility index (Phi) is 11.3. The van der Waals surface area contributed by atoms with Gasteiger partial charge in [-0.2, -0.15) is 0 Å². The van der Waals surface area contributed by atoms with Gasteiger partial charge in [-0.05, 0) is 67.7 Å². The highest BCUT2D eigenvalue weighted by molar-refractivity contribution is 8.00. The number of aromatic nitrogens is 1. The van der Waals surface area contributed by atoms with E-state index in [2.05, 4.69) is 5.32 Å². The average Bonchev–Trinajstić information content (AvgIpc) is 3.53. The normalized spacial score (nSPS) is 18.7. The molecule has 57 heavy (non-hydrogen) atoms. The van der Waals surface area contributed by atoms with Crippen molar-refractivity contribution < 1.29 is 43.1 Å². The highest BCUT2D eigenvalue weighted by Crippen LogP contribution is 2.43. The zero-order chi connectivity index (χ0) is 40.3. The Hall–Kier alpha value is -6.21. The van der Waals surface area contributed by atoms with Crippen molar-refractivity contribution in [3.63, 3.8) is 0 Å². The van der Waals surface area contributed by atoms with Crippen molar-refractivity contribution in [3.05, 3.63) is 160 Å². The third kappa shape index (κ3) is 8.94. The fourth-order valence-corrected chi connectivity index (χ4v) is 8.28. The molecule has 12 nitrogen and oxygen atoms in total. The van der Waals surface area contributed by atoms with Gasteiger partial charge in [-0.3, -0.25) is 14.5 Å². The molecule has 0 unspecified atom stereocenters. The summed E-state index contributed by atoms with van der Waals surface area (Å²) in [5.41, 5.74) is 3.92. The van der Waals surface area contributed by atoms with E-state index in [1.165, 1.54) is 16.7 Å². The molecule has 0 radical (unpaired) electrons. The molecule has 0 spiro atoms. The van der Waals surface area contributed by atoms with E-state index in [0.29, 0.717) is 43.0 Å². The van der Waals surface area contributed by atoms with E-state index in [1.54, 1.807) is 56.0 Å². The monoisotopic (exact) mass is 787 g/mol. The average molecular weight is 788 g/mol. The molecule has 0 aliphatic carbocycles. The van der Waals surface area contributed by atoms with Crippen LogP contribution in [0.3, 0.4) is 0 Å². The molecule has 3 amide bonds. The minimum absolute atomic E-state index is 0.0480. The fourth-order valence-electron chi connectivity index (χ4n) is 6.97. The van der Waals surface area contributed by atoms with Crippen LogP contribution >= 0.6 is 11.8 Å². The summed E-state index contributed by atoms with van der Waals surface area (Å²) in [5.74, 6) is -2.03. The standard InChI is InChI=1S/C44H42N4O8S/c1-44(2,3)56-43(54)45-35-39(50)48-36(42(53)55-37(30-10-6-4-7-11-30)31-12-8-5-9-13-31)34(27-57-40(35)48)24-33-20-23-47(38(33)49)26-29-18-21-46(22-19-29)25-28-14-16-32(17-15-28)41(51)52/h4-19,21-22,24,35,37,40H,20,23,25-27H2,1-3H3,(H-,45,51,52,54)/p+1/t35-,40-/m1/s1. The third-order valence-electron chi connectivity index (χ3n) is 9.75. The first-order valence-electron chi connectivity index (χ1n) is 18.6. The number of carboxylic acid groups (broad SMARTS) is 1. The first-order chi connectivity index (χ1) is 27.3. The summed E-state index contributed by atoms with van der Waals surface area (Å²) in [5, 5.41) is 11.3. The van der Waals surface area contributed by atoms with Gasteiger partial charge in [-0.1, -0.05) is 72.8 Å². The van der Waals surface area contributed by atoms with Crippen LogP contribution in [0.1, 0.15) is 65.9 Å². The van der Waals surface area contributed by atoms with Crippen molar-refractivity contribution in [1.29, 1.82) is 0 Å². The first-order valence-corrected chi connectivity index (χ1v) is 19.7. The van der Waals surface area contributed by atoms with Crippen LogP contribution in [0.4, 0.5) is 4.79 Å². The third-order valence-corrected chi connectivity index (χ3v) is 11.1. The maximum Gasteiger partial charge on any atom is 0.408 e. The van der Waals surface area contributed by atoms with Gasteiger partial charge in [0, 0.05) is 42.1 Å². The zero-order valence-corrected chi connectivity index (χ0v) is 32.6. The Balaban J connectivity index is 1.12. The number of carboxylic acids is 1. The second kappa shape index (κ2) is 16.5. The summed E-state index contributed by atoms with van der Waals surface area (Å²) in [4.78, 5) is 69.0. The van der Waals surface area contributed by atoms with Crippen LogP contribution < -0.4 is 9.88 Å². The smallest absolute Gasteiger partial charge is 0.408 e. The number of hydrogen-bond donors (Lipinski definition) is 2. The lowest BCUT2D eigenvalue weighted by Gasteiger charge is -2.49. The van der Waals surface area contributed by atoms with Crippen molar-refractivity contribution in [2.75, 3.05) is 12.3 Å². The molecule has 13 heteroatoms. The summed E-state index contributed by atoms with van der Waals surface area (Å²) >= 11 is 1.39. The fraction of sp³-hybridized carbons (Fsp3) is 0.273. The second-order valence-corrected chi connectivity index (χ2v) is 16.1. The number of pyridine rings is 1. The van der Waals surface area contributed by atoms with E-state index in [-0.39, 0.29) is 17.2 Å². The molecule has 3 aromatic carbocycles. The lowest BCUT2D eigenvalue weighted by molar-refractivity contribution is -0.688. The molecule has 7 rings (SSSR count). The molecule has 0 bridgehead atoms. The van der Waals surface area contributed by atoms with Crippen LogP contribution in [0.2, 0.25) is 0 Å². The maximum absolute atomic E-state index is 14.4. The van der Waals surface area contributed by atoms with Crippen molar-refractivity contribution in [2.24, 2.45) is 0 Å². The Morgan fingerprint density at radius 2 is 1.54 bits per heavy atom. The largest absolute Gasteiger partial charge is 0.478 e. The van der Waals surface area contributed by atoms with E-state index >= 15 is 0 Å². The molecular formula is C44H43N4O8S+. The Morgan fingerprint density at radius 3 is 2.14 bits per heavy atom. The topological polar surface area (TPSA) is 146 Å². The summed E-state index contributed by atoms with van der Waals surface area (Å²) in [7, 11) is 0. The molecule has 2 N–H and O–H groups in total. The van der Waals surface area contributed by atoms with Gasteiger partial charge in [0.15, 0.2) is 25.0 Å². The van der Waals surface area contributed by atoms with E-state index in [0.717, 1.165) is 22.3 Å². The molecule has 2 saturated heterocycles. The summed E-state index contributed by atoms with van der Waals surface area (Å²) in [6.45, 7) is 6.62. The number of alkyl carbamates (subject to hydrolysis) is 1. The number of thioether (sulfide) groups is 1. The number of allylic oxidation sites excluding steroid dienone is 1. The number of nitrogens with one attached hydrogen (secondary N) is 1. The Labute approximate surface area is 334 Å². The van der Waals surface area contributed by atoms with E-state index in [4.69, 9.17) is 14.6 Å². The maximum atomic E-state index is 14.4. The Morgan fingerprint density at radius 1 is 0.912 bits per heavy atom. The van der Waals surface area contributed by atoms with Gasteiger partial charge in [-0.15, -0.1) is 11.8 Å². The van der Waals surface area contributed by atoms with Crippen molar-refractivity contribution >= 4 is 41.6 Å². The molecule has 4 aromatic rings. The van der Waals surface area contributed by atoms with Gasteiger partial charge in [0.05, 0.1) is 5.56 Å². The van der Waals surface area contributed by atoms with Gasteiger partial charge in [-0.25, -0.2) is 19.0 Å². The van der Waals surface area contributed by atoms with E-state index in [1.807, 2.05) is 89.8 Å². The quantitative estimate of drug-likeness (QED) is 0.0837. The van der Waals surface area contributed by atoms with Gasteiger partial charge in [0.2, 0.25) is 5.91 Å². The number of ether oxygens (including phenoxy) is 2. The molecule has 3 aliphatic heterocycles. The molecule has 4 heterocycles. The van der Waals surface area contributed by atoms with E-state index < -0.39 is 47.1 Å². The van der Waals surface area contributed by atoms with Crippen LogP contribution in [0.15, 0.2) is 132 Å². The number of benzene rings is 3. The summed E-state index contributed by atoms with van der Waals surface area (Å²) < 4.78 is 13.6. The minimum Gasteiger partial charge on any atom is -0.478 e. The number of hydrogen-bond acceptors (Lipinski definition) is 8. The second-order valence-electron chi connectivity index (χ2n) is 15.0. The van der Waals surface area contributed by atoms with Gasteiger partial charge in [0.25, 0.3) is 5.91 Å². The molecule has 3 aliphatic rings. The minimum atomic E-state index is -0.969. The van der Waals surface area contributed by atoms with Crippen molar-refractivity contribution in [3.8, 4) is 0 Å². The van der Waals surface area contributed by atoms with Crippen LogP contribution in [-0.2, 0) is 36.9 Å². The molecule has 2 fully saturated rings. The van der Waals surface area contributed by atoms with Crippen molar-refractivity contribution in [1.82, 2.24) is 15.1 Å². The molecule has 0 saturated carbocycles. The molecule has 2 atom stereocenters. The molecule has 292 valence electrons. The predicted molar refractivity (Wildman–Crippen MR) is 211 cm³/mol. The summed E-state index contributed by atoms with van der Waals surface area (Å²) in [6, 6.07) is 28.4. The number of fused-ring (bicyclic) bond motifs is 1. The number of β-lactam (4-membered cyclic amide) rings is 1. The predicted octanol–water partition coefficient (Wildman–Crippen LogP) is 5.77. The zero-order valence-electron chi connectivity index (χ0n) is 31.8. The highest BCUT2D eigenvalue weighted by atomic mass is 32.2. The highest BCUT2D eigenvalue weighted by Gasteiger charge is 2.55. The number of carbonyl (C=O) groups excluding carboxylic acids is 4. The number of carbonyl (C=O) groups is 5. The van der Waals surface area contributed by atoms with Gasteiger partial charge >= 0.3 is 18.0 Å². The number of likely N-dealkylation sites (tertiary alicyclic amines) is 1. The number of amides is 3. The lowest BCUT2D eigenvalue weighted by Crippen LogP contribution is -2.70. The summed E-state index contributed by atoms with van der Waals surface area (Å²) in [6.07, 6.45) is 4.51. The number of nitrogens with zero attached hydrogens (tertiary/aromatic N) is 3. The van der Waals surface area contributed by atoms with Crippen LogP contribution in [0.5, 0.6) is 0 Å². The molecule has 1 aromatic heterocycles. The van der Waals surface area contributed by atoms with Gasteiger partial charge in [0.1, 0.15) is 22.7 Å². The SMILES string of the molecule is CC(C)(C)OC(=O)N[C@@H]1C(=O)N2C(C(=O)OC(c3ccccc3)c3ccccc3)=C(C=C3CCN(Cc4cc[n+](Cc5ccc(C(=O)O)cc5)cc4)C3=O)CS[C@H]12. The van der Waals surface area contributed by atoms with Gasteiger partial charge < -0.3 is 24.8 Å². The number of aromatic carboxylic acids is 1. The molecular weight excluding hydrogens is 745 g/mol. The van der Waals surface area contributed by atoms with Crippen LogP contribution in [0.25, 0.3) is 0 Å². The van der Waals surface area contributed by atoms with E-state index in [9.17, 15) is 24.0 Å². The number of rotatable bonds is 11. The Bertz CT molecular complexity index is 2200. The number of esters is 1. The van der Waals surface area contributed by atoms with Crippen LogP contribution in [0, 0.1) is 0 Å². The lowest BCUT2D eigenvalue weighted by atomic mass is 10.00.